The molecule has 2 heterocycles. The van der Waals surface area contributed by atoms with Crippen molar-refractivity contribution >= 4 is 43.4 Å². The molecule has 0 N–H and O–H groups in total. The molecule has 2 aromatic rings. The minimum Gasteiger partial charge on any atom is -0.266 e. The van der Waals surface area contributed by atoms with Crippen LogP contribution in [0.2, 0.25) is 0 Å². The molecule has 0 unspecified atom stereocenters. The average molecular weight is 352 g/mol. The maximum absolute atomic E-state index is 11.7. The fraction of sp³-hybridized carbons (Fsp3) is 0.143. The number of aromatic nitrogens is 4. The molecule has 0 fully saturated rings. The van der Waals surface area contributed by atoms with E-state index in [4.69, 9.17) is 0 Å². The summed E-state index contributed by atoms with van der Waals surface area (Å²) in [6, 6.07) is 0. The fourth-order valence-electron chi connectivity index (χ4n) is 0.962. The molecule has 0 radical (unpaired) electrons. The summed E-state index contributed by atoms with van der Waals surface area (Å²) in [5.74, 6) is 0. The highest BCUT2D eigenvalue weighted by Gasteiger charge is 2.07. The number of rotatable bonds is 2. The molecule has 8 heteroatoms. The van der Waals surface area contributed by atoms with Gasteiger partial charge in [-0.2, -0.15) is 5.10 Å². The van der Waals surface area contributed by atoms with Crippen LogP contribution in [0.4, 0.5) is 0 Å². The van der Waals surface area contributed by atoms with Gasteiger partial charge in [0.25, 0.3) is 5.56 Å². The molecule has 0 amide bonds. The molecular weight excluding hydrogens is 348 g/mol. The van der Waals surface area contributed by atoms with Gasteiger partial charge < -0.3 is 0 Å². The van der Waals surface area contributed by atoms with E-state index in [2.05, 4.69) is 46.5 Å². The quantitative estimate of drug-likeness (QED) is 0.825. The largest absolute Gasteiger partial charge is 0.282 e. The standard InChI is InChI=1S/C7H4Br2N4OS/c8-5-2-11-13(7(14)6(5)9)3-4-1-10-12-15-4/h1-2H,3H2. The van der Waals surface area contributed by atoms with Gasteiger partial charge in [0.1, 0.15) is 4.47 Å². The third kappa shape index (κ3) is 2.32. The summed E-state index contributed by atoms with van der Waals surface area (Å²) < 4.78 is 6.18. The smallest absolute Gasteiger partial charge is 0.266 e. The molecule has 0 atom stereocenters. The van der Waals surface area contributed by atoms with E-state index in [1.807, 2.05) is 0 Å². The lowest BCUT2D eigenvalue weighted by Crippen LogP contribution is -2.23. The summed E-state index contributed by atoms with van der Waals surface area (Å²) in [7, 11) is 0. The summed E-state index contributed by atoms with van der Waals surface area (Å²) >= 11 is 7.65. The van der Waals surface area contributed by atoms with Gasteiger partial charge in [-0.05, 0) is 43.4 Å². The van der Waals surface area contributed by atoms with Crippen molar-refractivity contribution in [2.45, 2.75) is 6.54 Å². The zero-order valence-electron chi connectivity index (χ0n) is 7.22. The van der Waals surface area contributed by atoms with Crippen LogP contribution in [0.25, 0.3) is 0 Å². The SMILES string of the molecule is O=c1c(Br)c(Br)cnn1Cc1cnns1. The lowest BCUT2D eigenvalue weighted by atomic mass is 10.5. The third-order valence-corrected chi connectivity index (χ3v) is 4.20. The molecule has 0 aliphatic carbocycles. The predicted octanol–water partition coefficient (Wildman–Crippen LogP) is 1.67. The van der Waals surface area contributed by atoms with Gasteiger partial charge in [-0.25, -0.2) is 4.68 Å². The Balaban J connectivity index is 2.38. The molecule has 0 bridgehead atoms. The van der Waals surface area contributed by atoms with E-state index in [1.165, 1.54) is 16.2 Å². The van der Waals surface area contributed by atoms with Gasteiger partial charge in [0.05, 0.1) is 28.3 Å². The summed E-state index contributed by atoms with van der Waals surface area (Å²) in [6.07, 6.45) is 3.19. The molecule has 2 rings (SSSR count). The van der Waals surface area contributed by atoms with Crippen molar-refractivity contribution in [3.05, 3.63) is 36.6 Å². The first-order valence-corrected chi connectivity index (χ1v) is 6.22. The van der Waals surface area contributed by atoms with E-state index in [0.29, 0.717) is 15.5 Å². The minimum atomic E-state index is -0.183. The molecule has 0 saturated heterocycles. The van der Waals surface area contributed by atoms with E-state index >= 15 is 0 Å². The Labute approximate surface area is 106 Å². The second-order valence-corrected chi connectivity index (χ2v) is 5.17. The maximum atomic E-state index is 11.7. The number of hydrogen-bond acceptors (Lipinski definition) is 5. The summed E-state index contributed by atoms with van der Waals surface area (Å²) in [5.41, 5.74) is -0.183. The lowest BCUT2D eigenvalue weighted by Gasteiger charge is -2.02. The molecular formula is C7H4Br2N4OS. The second kappa shape index (κ2) is 4.50. The van der Waals surface area contributed by atoms with Gasteiger partial charge in [0.15, 0.2) is 0 Å². The zero-order chi connectivity index (χ0) is 10.8. The molecule has 0 spiro atoms. The third-order valence-electron chi connectivity index (χ3n) is 1.65. The van der Waals surface area contributed by atoms with Crippen molar-refractivity contribution < 1.29 is 0 Å². The highest BCUT2D eigenvalue weighted by atomic mass is 79.9. The van der Waals surface area contributed by atoms with Crippen molar-refractivity contribution in [1.82, 2.24) is 19.4 Å². The number of halogens is 2. The fourth-order valence-corrected chi connectivity index (χ4v) is 2.00. The summed E-state index contributed by atoms with van der Waals surface area (Å²) in [6.45, 7) is 0.391. The van der Waals surface area contributed by atoms with Gasteiger partial charge in [-0.1, -0.05) is 4.49 Å². The molecule has 0 aromatic carbocycles. The molecule has 0 aliphatic rings. The van der Waals surface area contributed by atoms with Crippen molar-refractivity contribution in [2.75, 3.05) is 0 Å². The minimum absolute atomic E-state index is 0.183. The molecule has 2 aromatic heterocycles. The molecule has 5 nitrogen and oxygen atoms in total. The Morgan fingerprint density at radius 2 is 2.20 bits per heavy atom. The second-order valence-electron chi connectivity index (χ2n) is 2.65. The Morgan fingerprint density at radius 1 is 1.40 bits per heavy atom. The van der Waals surface area contributed by atoms with E-state index in [0.717, 1.165) is 4.88 Å². The maximum Gasteiger partial charge on any atom is 0.282 e. The van der Waals surface area contributed by atoms with Crippen LogP contribution in [0.5, 0.6) is 0 Å². The van der Waals surface area contributed by atoms with Crippen LogP contribution >= 0.6 is 43.4 Å². The van der Waals surface area contributed by atoms with Gasteiger partial charge in [-0.3, -0.25) is 4.79 Å². The van der Waals surface area contributed by atoms with Gasteiger partial charge in [0, 0.05) is 0 Å². The highest BCUT2D eigenvalue weighted by molar-refractivity contribution is 9.13. The Kier molecular flexibility index (Phi) is 3.27. The van der Waals surface area contributed by atoms with Crippen molar-refractivity contribution in [3.63, 3.8) is 0 Å². The first kappa shape index (κ1) is 10.9. The predicted molar refractivity (Wildman–Crippen MR) is 62.9 cm³/mol. The Hall–Kier alpha value is -0.600. The van der Waals surface area contributed by atoms with Crippen molar-refractivity contribution in [3.8, 4) is 0 Å². The van der Waals surface area contributed by atoms with E-state index < -0.39 is 0 Å². The van der Waals surface area contributed by atoms with Crippen LogP contribution in [0.1, 0.15) is 4.88 Å². The monoisotopic (exact) mass is 350 g/mol. The summed E-state index contributed by atoms with van der Waals surface area (Å²) in [4.78, 5) is 12.6. The first-order chi connectivity index (χ1) is 7.18. The van der Waals surface area contributed by atoms with E-state index in [9.17, 15) is 4.79 Å². The van der Waals surface area contributed by atoms with Crippen molar-refractivity contribution in [2.24, 2.45) is 0 Å². The van der Waals surface area contributed by atoms with Crippen LogP contribution in [-0.2, 0) is 6.54 Å². The normalized spacial score (nSPS) is 10.5. The van der Waals surface area contributed by atoms with Crippen LogP contribution in [0.15, 0.2) is 26.1 Å². The first-order valence-electron chi connectivity index (χ1n) is 3.86. The Bertz CT molecular complexity index is 524. The Morgan fingerprint density at radius 3 is 2.87 bits per heavy atom. The highest BCUT2D eigenvalue weighted by Crippen LogP contribution is 2.16. The number of nitrogens with zero attached hydrogens (tertiary/aromatic N) is 4. The van der Waals surface area contributed by atoms with Crippen LogP contribution in [0, 0.1) is 0 Å². The lowest BCUT2D eigenvalue weighted by molar-refractivity contribution is 0.638. The molecule has 15 heavy (non-hydrogen) atoms. The molecule has 78 valence electrons. The topological polar surface area (TPSA) is 60.7 Å². The van der Waals surface area contributed by atoms with Gasteiger partial charge in [-0.15, -0.1) is 5.10 Å². The number of hydrogen-bond donors (Lipinski definition) is 0. The van der Waals surface area contributed by atoms with Crippen LogP contribution in [-0.4, -0.2) is 19.4 Å². The molecule has 0 aliphatic heterocycles. The average Bonchev–Trinajstić information content (AvgIpc) is 2.72. The van der Waals surface area contributed by atoms with Crippen molar-refractivity contribution in [1.29, 1.82) is 0 Å². The zero-order valence-corrected chi connectivity index (χ0v) is 11.2. The van der Waals surface area contributed by atoms with Crippen LogP contribution < -0.4 is 5.56 Å². The van der Waals surface area contributed by atoms with Crippen LogP contribution in [0.3, 0.4) is 0 Å². The molecule has 0 saturated carbocycles. The summed E-state index contributed by atoms with van der Waals surface area (Å²) in [5, 5.41) is 7.68. The van der Waals surface area contributed by atoms with Gasteiger partial charge >= 0.3 is 0 Å². The van der Waals surface area contributed by atoms with Gasteiger partial charge in [0.2, 0.25) is 0 Å². The van der Waals surface area contributed by atoms with E-state index in [-0.39, 0.29) is 5.56 Å². The van der Waals surface area contributed by atoms with E-state index in [1.54, 1.807) is 12.4 Å².